The average Bonchev–Trinajstić information content (AvgIpc) is 3.29. The first-order chi connectivity index (χ1) is 14.7. The molecule has 1 aromatic carbocycles. The van der Waals surface area contributed by atoms with Crippen LogP contribution in [0.15, 0.2) is 47.0 Å². The molecule has 0 N–H and O–H groups in total. The lowest BCUT2D eigenvalue weighted by atomic mass is 9.96. The number of benzene rings is 1. The molecule has 0 aliphatic carbocycles. The summed E-state index contributed by atoms with van der Waals surface area (Å²) in [5.41, 5.74) is 1.59. The van der Waals surface area contributed by atoms with Crippen LogP contribution in [0.5, 0.6) is 5.75 Å². The highest BCUT2D eigenvalue weighted by Gasteiger charge is 2.28. The molecular formula is C22H24N4O4. The van der Waals surface area contributed by atoms with Crippen LogP contribution in [-0.4, -0.2) is 48.0 Å². The molecule has 0 radical (unpaired) electrons. The third-order valence-electron chi connectivity index (χ3n) is 5.19. The molecular weight excluding hydrogens is 384 g/mol. The molecule has 1 aliphatic heterocycles. The van der Waals surface area contributed by atoms with E-state index >= 15 is 0 Å². The molecule has 1 saturated heterocycles. The van der Waals surface area contributed by atoms with Crippen LogP contribution in [0.2, 0.25) is 0 Å². The maximum absolute atomic E-state index is 12.0. The summed E-state index contributed by atoms with van der Waals surface area (Å²) >= 11 is 0. The first-order valence-electron chi connectivity index (χ1n) is 10.0. The van der Waals surface area contributed by atoms with Crippen LogP contribution >= 0.6 is 0 Å². The van der Waals surface area contributed by atoms with Gasteiger partial charge in [0.2, 0.25) is 5.89 Å². The number of anilines is 1. The van der Waals surface area contributed by atoms with E-state index in [0.717, 1.165) is 35.5 Å². The van der Waals surface area contributed by atoms with Gasteiger partial charge in [-0.3, -0.25) is 4.79 Å². The van der Waals surface area contributed by atoms with Gasteiger partial charge in [-0.1, -0.05) is 0 Å². The van der Waals surface area contributed by atoms with Crippen molar-refractivity contribution in [2.75, 3.05) is 31.7 Å². The molecule has 0 atom stereocenters. The van der Waals surface area contributed by atoms with Crippen molar-refractivity contribution in [2.24, 2.45) is 5.92 Å². The number of hydrogen-bond acceptors (Lipinski definition) is 8. The van der Waals surface area contributed by atoms with Crippen molar-refractivity contribution in [1.29, 1.82) is 0 Å². The second kappa shape index (κ2) is 8.94. The first kappa shape index (κ1) is 19.9. The van der Waals surface area contributed by atoms with E-state index in [1.165, 1.54) is 0 Å². The fraction of sp³-hybridized carbons (Fsp3) is 0.364. The van der Waals surface area contributed by atoms with Gasteiger partial charge in [0.15, 0.2) is 0 Å². The summed E-state index contributed by atoms with van der Waals surface area (Å²) < 4.78 is 16.3. The quantitative estimate of drug-likeness (QED) is 0.572. The van der Waals surface area contributed by atoms with Crippen molar-refractivity contribution in [1.82, 2.24) is 15.2 Å². The first-order valence-corrected chi connectivity index (χ1v) is 10.0. The summed E-state index contributed by atoms with van der Waals surface area (Å²) in [4.78, 5) is 18.7. The summed E-state index contributed by atoms with van der Waals surface area (Å²) in [5.74, 6) is 2.22. The van der Waals surface area contributed by atoms with Gasteiger partial charge in [0.25, 0.3) is 5.89 Å². The standard InChI is InChI=1S/C22H24N4O4/c1-3-29-22(27)16-10-13-26(14-11-16)19-18(5-4-12-23-19)21-25-24-20(30-21)15-6-8-17(28-2)9-7-15/h4-9,12,16H,3,10-11,13-14H2,1-2H3. The fourth-order valence-corrected chi connectivity index (χ4v) is 3.59. The van der Waals surface area contributed by atoms with E-state index in [0.29, 0.717) is 31.5 Å². The smallest absolute Gasteiger partial charge is 0.309 e. The van der Waals surface area contributed by atoms with Gasteiger partial charge in [-0.2, -0.15) is 0 Å². The fourth-order valence-electron chi connectivity index (χ4n) is 3.59. The molecule has 0 spiro atoms. The molecule has 2 aromatic heterocycles. The Kier molecular flexibility index (Phi) is 5.92. The van der Waals surface area contributed by atoms with E-state index in [2.05, 4.69) is 20.1 Å². The number of hydrogen-bond donors (Lipinski definition) is 0. The number of nitrogens with zero attached hydrogens (tertiary/aromatic N) is 4. The lowest BCUT2D eigenvalue weighted by Gasteiger charge is -2.32. The van der Waals surface area contributed by atoms with Crippen LogP contribution < -0.4 is 9.64 Å². The maximum atomic E-state index is 12.0. The molecule has 0 bridgehead atoms. The Balaban J connectivity index is 1.53. The molecule has 1 aliphatic rings. The van der Waals surface area contributed by atoms with Crippen LogP contribution in [0.25, 0.3) is 22.9 Å². The van der Waals surface area contributed by atoms with Crippen molar-refractivity contribution in [2.45, 2.75) is 19.8 Å². The largest absolute Gasteiger partial charge is 0.497 e. The summed E-state index contributed by atoms with van der Waals surface area (Å²) in [6, 6.07) is 11.2. The number of pyridine rings is 1. The average molecular weight is 408 g/mol. The number of carbonyl (C=O) groups is 1. The Labute approximate surface area is 174 Å². The Bertz CT molecular complexity index is 994. The number of esters is 1. The third kappa shape index (κ3) is 4.12. The van der Waals surface area contributed by atoms with Gasteiger partial charge in [-0.25, -0.2) is 4.98 Å². The Morgan fingerprint density at radius 1 is 1.13 bits per heavy atom. The van der Waals surface area contributed by atoms with E-state index in [1.54, 1.807) is 13.3 Å². The minimum absolute atomic E-state index is 0.0570. The molecule has 3 heterocycles. The van der Waals surface area contributed by atoms with Crippen LogP contribution in [0.3, 0.4) is 0 Å². The van der Waals surface area contributed by atoms with Gasteiger partial charge in [-0.15, -0.1) is 10.2 Å². The second-order valence-electron chi connectivity index (χ2n) is 7.03. The number of carbonyl (C=O) groups excluding carboxylic acids is 1. The van der Waals surface area contributed by atoms with Crippen molar-refractivity contribution < 1.29 is 18.7 Å². The van der Waals surface area contributed by atoms with Crippen molar-refractivity contribution in [3.05, 3.63) is 42.6 Å². The van der Waals surface area contributed by atoms with E-state index < -0.39 is 0 Å². The van der Waals surface area contributed by atoms with Gasteiger partial charge in [-0.05, 0) is 56.2 Å². The lowest BCUT2D eigenvalue weighted by Crippen LogP contribution is -2.37. The zero-order valence-corrected chi connectivity index (χ0v) is 17.1. The van der Waals surface area contributed by atoms with E-state index in [-0.39, 0.29) is 11.9 Å². The summed E-state index contributed by atoms with van der Waals surface area (Å²) in [5, 5.41) is 8.44. The third-order valence-corrected chi connectivity index (χ3v) is 5.19. The highest BCUT2D eigenvalue weighted by molar-refractivity contribution is 5.74. The molecule has 0 unspecified atom stereocenters. The molecule has 8 nitrogen and oxygen atoms in total. The minimum Gasteiger partial charge on any atom is -0.497 e. The van der Waals surface area contributed by atoms with Crippen LogP contribution in [0, 0.1) is 5.92 Å². The molecule has 156 valence electrons. The molecule has 4 rings (SSSR count). The summed E-state index contributed by atoms with van der Waals surface area (Å²) in [6.07, 6.45) is 3.21. The normalized spacial score (nSPS) is 14.5. The van der Waals surface area contributed by atoms with Crippen molar-refractivity contribution >= 4 is 11.8 Å². The highest BCUT2D eigenvalue weighted by atomic mass is 16.5. The Hall–Kier alpha value is -3.42. The van der Waals surface area contributed by atoms with Gasteiger partial charge in [0.05, 0.1) is 25.2 Å². The number of rotatable bonds is 6. The molecule has 0 saturated carbocycles. The van der Waals surface area contributed by atoms with Crippen molar-refractivity contribution in [3.63, 3.8) is 0 Å². The van der Waals surface area contributed by atoms with Gasteiger partial charge >= 0.3 is 5.97 Å². The summed E-state index contributed by atoms with van der Waals surface area (Å²) in [6.45, 7) is 3.68. The predicted octanol–water partition coefficient (Wildman–Crippen LogP) is 3.59. The predicted molar refractivity (Wildman–Crippen MR) is 111 cm³/mol. The monoisotopic (exact) mass is 408 g/mol. The maximum Gasteiger partial charge on any atom is 0.309 e. The molecule has 30 heavy (non-hydrogen) atoms. The number of piperidine rings is 1. The zero-order chi connectivity index (χ0) is 20.9. The molecule has 3 aromatic rings. The highest BCUT2D eigenvalue weighted by Crippen LogP contribution is 2.32. The zero-order valence-electron chi connectivity index (χ0n) is 17.1. The molecule has 0 amide bonds. The van der Waals surface area contributed by atoms with Gasteiger partial charge in [0, 0.05) is 24.8 Å². The van der Waals surface area contributed by atoms with Crippen molar-refractivity contribution in [3.8, 4) is 28.7 Å². The molecule has 8 heteroatoms. The van der Waals surface area contributed by atoms with Gasteiger partial charge < -0.3 is 18.8 Å². The van der Waals surface area contributed by atoms with Crippen LogP contribution in [0.4, 0.5) is 5.82 Å². The topological polar surface area (TPSA) is 90.6 Å². The number of aromatic nitrogens is 3. The van der Waals surface area contributed by atoms with E-state index in [9.17, 15) is 4.79 Å². The summed E-state index contributed by atoms with van der Waals surface area (Å²) in [7, 11) is 1.62. The van der Waals surface area contributed by atoms with E-state index in [1.807, 2.05) is 43.3 Å². The number of ether oxygens (including phenoxy) is 2. The molecule has 1 fully saturated rings. The SMILES string of the molecule is CCOC(=O)C1CCN(c2ncccc2-c2nnc(-c3ccc(OC)cc3)o2)CC1. The Morgan fingerprint density at radius 3 is 2.57 bits per heavy atom. The van der Waals surface area contributed by atoms with Gasteiger partial charge in [0.1, 0.15) is 11.6 Å². The Morgan fingerprint density at radius 2 is 1.87 bits per heavy atom. The number of methoxy groups -OCH3 is 1. The van der Waals surface area contributed by atoms with Crippen LogP contribution in [0.1, 0.15) is 19.8 Å². The van der Waals surface area contributed by atoms with E-state index in [4.69, 9.17) is 13.9 Å². The lowest BCUT2D eigenvalue weighted by molar-refractivity contribution is -0.148. The minimum atomic E-state index is -0.112. The van der Waals surface area contributed by atoms with Crippen LogP contribution in [-0.2, 0) is 9.53 Å². The second-order valence-corrected chi connectivity index (χ2v) is 7.03.